The van der Waals surface area contributed by atoms with E-state index >= 15 is 0 Å². The Kier molecular flexibility index (Phi) is 4.63. The van der Waals surface area contributed by atoms with Gasteiger partial charge in [-0.25, -0.2) is 4.68 Å². The molecule has 0 saturated carbocycles. The fourth-order valence-corrected chi connectivity index (χ4v) is 1.75. The van der Waals surface area contributed by atoms with Crippen LogP contribution in [0.4, 0.5) is 0 Å². The number of carboxylic acid groups (broad SMARTS) is 1. The van der Waals surface area contributed by atoms with Crippen LogP contribution in [0.3, 0.4) is 0 Å². The van der Waals surface area contributed by atoms with Crippen LogP contribution in [0.25, 0.3) is 0 Å². The molecule has 21 heavy (non-hydrogen) atoms. The summed E-state index contributed by atoms with van der Waals surface area (Å²) in [5.41, 5.74) is 5.95. The Bertz CT molecular complexity index is 606. The third-order valence-corrected chi connectivity index (χ3v) is 2.73. The van der Waals surface area contributed by atoms with Crippen LogP contribution in [0.1, 0.15) is 31.3 Å². The molecule has 2 aromatic rings. The molecule has 1 unspecified atom stereocenters. The molecule has 0 spiro atoms. The van der Waals surface area contributed by atoms with E-state index in [0.717, 1.165) is 6.42 Å². The zero-order chi connectivity index (χ0) is 15.4. The quantitative estimate of drug-likeness (QED) is 0.721. The van der Waals surface area contributed by atoms with Gasteiger partial charge in [-0.2, -0.15) is 4.98 Å². The van der Waals surface area contributed by atoms with Crippen molar-refractivity contribution >= 4 is 5.97 Å². The SMILES string of the molecule is CC(C)Cc1nc(Cn2cc(CC(N)C(=O)O)nn2)no1. The molecule has 9 heteroatoms. The van der Waals surface area contributed by atoms with Crippen LogP contribution < -0.4 is 5.73 Å². The average molecular weight is 294 g/mol. The van der Waals surface area contributed by atoms with Crippen LogP contribution in [0.2, 0.25) is 0 Å². The van der Waals surface area contributed by atoms with Gasteiger partial charge in [0.05, 0.1) is 5.69 Å². The number of aromatic nitrogens is 5. The molecule has 2 rings (SSSR count). The van der Waals surface area contributed by atoms with Crippen molar-refractivity contribution in [2.75, 3.05) is 0 Å². The fraction of sp³-hybridized carbons (Fsp3) is 0.583. The van der Waals surface area contributed by atoms with Crippen LogP contribution in [0, 0.1) is 5.92 Å². The number of hydrogen-bond acceptors (Lipinski definition) is 7. The number of carboxylic acids is 1. The van der Waals surface area contributed by atoms with Gasteiger partial charge in [-0.05, 0) is 5.92 Å². The number of aliphatic carboxylic acids is 1. The summed E-state index contributed by atoms with van der Waals surface area (Å²) in [6.45, 7) is 4.45. The highest BCUT2D eigenvalue weighted by atomic mass is 16.5. The van der Waals surface area contributed by atoms with Gasteiger partial charge in [-0.1, -0.05) is 24.2 Å². The molecule has 114 valence electrons. The molecule has 0 aliphatic heterocycles. The van der Waals surface area contributed by atoms with E-state index in [2.05, 4.69) is 34.3 Å². The number of hydrogen-bond donors (Lipinski definition) is 2. The first-order valence-electron chi connectivity index (χ1n) is 6.63. The molecule has 0 aromatic carbocycles. The second kappa shape index (κ2) is 6.44. The summed E-state index contributed by atoms with van der Waals surface area (Å²) in [7, 11) is 0. The number of nitrogens with two attached hydrogens (primary N) is 1. The van der Waals surface area contributed by atoms with Gasteiger partial charge in [0.1, 0.15) is 12.6 Å². The van der Waals surface area contributed by atoms with Crippen molar-refractivity contribution in [1.82, 2.24) is 25.1 Å². The maximum atomic E-state index is 10.7. The first kappa shape index (κ1) is 15.1. The Morgan fingerprint density at radius 3 is 2.90 bits per heavy atom. The molecule has 0 saturated heterocycles. The second-order valence-electron chi connectivity index (χ2n) is 5.26. The van der Waals surface area contributed by atoms with Gasteiger partial charge in [-0.3, -0.25) is 4.79 Å². The van der Waals surface area contributed by atoms with Crippen molar-refractivity contribution in [2.45, 2.75) is 39.3 Å². The van der Waals surface area contributed by atoms with Crippen LogP contribution >= 0.6 is 0 Å². The van der Waals surface area contributed by atoms with Crippen molar-refractivity contribution in [1.29, 1.82) is 0 Å². The summed E-state index contributed by atoms with van der Waals surface area (Å²) in [5, 5.41) is 20.4. The molecule has 9 nitrogen and oxygen atoms in total. The van der Waals surface area contributed by atoms with Gasteiger partial charge in [0.2, 0.25) is 5.89 Å². The van der Waals surface area contributed by atoms with E-state index < -0.39 is 12.0 Å². The molecule has 0 fully saturated rings. The largest absolute Gasteiger partial charge is 0.480 e. The molecule has 0 bridgehead atoms. The predicted molar refractivity (Wildman–Crippen MR) is 71.3 cm³/mol. The van der Waals surface area contributed by atoms with Gasteiger partial charge in [0.15, 0.2) is 5.82 Å². The lowest BCUT2D eigenvalue weighted by molar-refractivity contribution is -0.138. The minimum absolute atomic E-state index is 0.125. The minimum Gasteiger partial charge on any atom is -0.480 e. The Morgan fingerprint density at radius 1 is 1.48 bits per heavy atom. The van der Waals surface area contributed by atoms with E-state index in [1.54, 1.807) is 6.20 Å². The van der Waals surface area contributed by atoms with Crippen molar-refractivity contribution in [3.63, 3.8) is 0 Å². The van der Waals surface area contributed by atoms with Gasteiger partial charge >= 0.3 is 5.97 Å². The lowest BCUT2D eigenvalue weighted by Crippen LogP contribution is -2.32. The summed E-state index contributed by atoms with van der Waals surface area (Å²) >= 11 is 0. The van der Waals surface area contributed by atoms with Gasteiger partial charge < -0.3 is 15.4 Å². The summed E-state index contributed by atoms with van der Waals surface area (Å²) < 4.78 is 6.65. The number of carbonyl (C=O) groups is 1. The second-order valence-corrected chi connectivity index (χ2v) is 5.26. The molecular formula is C12H18N6O3. The van der Waals surface area contributed by atoms with Crippen molar-refractivity contribution in [3.05, 3.63) is 23.6 Å². The highest BCUT2D eigenvalue weighted by molar-refractivity contribution is 5.73. The van der Waals surface area contributed by atoms with E-state index in [1.807, 2.05) is 0 Å². The van der Waals surface area contributed by atoms with Gasteiger partial charge in [0, 0.05) is 19.0 Å². The van der Waals surface area contributed by atoms with E-state index in [9.17, 15) is 4.79 Å². The number of rotatable bonds is 7. The molecule has 1 atom stereocenters. The van der Waals surface area contributed by atoms with Crippen molar-refractivity contribution in [2.24, 2.45) is 11.7 Å². The maximum Gasteiger partial charge on any atom is 0.320 e. The summed E-state index contributed by atoms with van der Waals surface area (Å²) in [5.74, 6) is 0.465. The summed E-state index contributed by atoms with van der Waals surface area (Å²) in [6.07, 6.45) is 2.48. The van der Waals surface area contributed by atoms with Crippen LogP contribution in [0.5, 0.6) is 0 Å². The van der Waals surface area contributed by atoms with Crippen molar-refractivity contribution < 1.29 is 14.4 Å². The van der Waals surface area contributed by atoms with E-state index in [0.29, 0.717) is 29.9 Å². The summed E-state index contributed by atoms with van der Waals surface area (Å²) in [4.78, 5) is 14.9. The summed E-state index contributed by atoms with van der Waals surface area (Å²) in [6, 6.07) is -0.988. The van der Waals surface area contributed by atoms with Crippen LogP contribution in [0.15, 0.2) is 10.7 Å². The molecular weight excluding hydrogens is 276 g/mol. The Labute approximate surface area is 121 Å². The maximum absolute atomic E-state index is 10.7. The third kappa shape index (κ3) is 4.35. The lowest BCUT2D eigenvalue weighted by Gasteiger charge is -2.01. The normalized spacial score (nSPS) is 12.8. The van der Waals surface area contributed by atoms with Crippen LogP contribution in [-0.4, -0.2) is 42.3 Å². The molecule has 2 heterocycles. The number of nitrogens with zero attached hydrogens (tertiary/aromatic N) is 5. The molecule has 3 N–H and O–H groups in total. The molecule has 0 radical (unpaired) electrons. The molecule has 0 aliphatic rings. The van der Waals surface area contributed by atoms with Gasteiger partial charge in [-0.15, -0.1) is 5.10 Å². The monoisotopic (exact) mass is 294 g/mol. The first-order chi connectivity index (χ1) is 9.94. The Balaban J connectivity index is 1.96. The third-order valence-electron chi connectivity index (χ3n) is 2.73. The highest BCUT2D eigenvalue weighted by Gasteiger charge is 2.15. The van der Waals surface area contributed by atoms with Crippen LogP contribution in [-0.2, 0) is 24.2 Å². The molecule has 0 amide bonds. The predicted octanol–water partition coefficient (Wildman–Crippen LogP) is -0.138. The molecule has 0 aliphatic carbocycles. The zero-order valence-corrected chi connectivity index (χ0v) is 11.9. The lowest BCUT2D eigenvalue weighted by atomic mass is 10.1. The van der Waals surface area contributed by atoms with E-state index in [4.69, 9.17) is 15.4 Å². The standard InChI is InChI=1S/C12H18N6O3/c1-7(2)3-11-14-10(16-21-11)6-18-5-8(15-17-18)4-9(13)12(19)20/h5,7,9H,3-4,6,13H2,1-2H3,(H,19,20). The Hall–Kier alpha value is -2.29. The molecule has 2 aromatic heterocycles. The highest BCUT2D eigenvalue weighted by Crippen LogP contribution is 2.06. The van der Waals surface area contributed by atoms with Gasteiger partial charge in [0.25, 0.3) is 0 Å². The Morgan fingerprint density at radius 2 is 2.24 bits per heavy atom. The first-order valence-corrected chi connectivity index (χ1v) is 6.63. The fourth-order valence-electron chi connectivity index (χ4n) is 1.75. The minimum atomic E-state index is -1.07. The average Bonchev–Trinajstić information content (AvgIpc) is 2.99. The van der Waals surface area contributed by atoms with E-state index in [1.165, 1.54) is 4.68 Å². The topological polar surface area (TPSA) is 133 Å². The smallest absolute Gasteiger partial charge is 0.320 e. The zero-order valence-electron chi connectivity index (χ0n) is 11.9. The van der Waals surface area contributed by atoms with Crippen molar-refractivity contribution in [3.8, 4) is 0 Å². The van der Waals surface area contributed by atoms with E-state index in [-0.39, 0.29) is 6.42 Å².